The second-order valence-electron chi connectivity index (χ2n) is 8.11. The molecule has 0 rings (SSSR count). The van der Waals surface area contributed by atoms with Crippen LogP contribution in [-0.2, 0) is 0 Å². The van der Waals surface area contributed by atoms with Crippen LogP contribution in [0.25, 0.3) is 0 Å². The van der Waals surface area contributed by atoms with E-state index in [1.165, 1.54) is 64.2 Å². The van der Waals surface area contributed by atoms with E-state index in [4.69, 9.17) is 12.8 Å². The van der Waals surface area contributed by atoms with Crippen LogP contribution in [0.4, 0.5) is 0 Å². The van der Waals surface area contributed by atoms with Gasteiger partial charge >= 0.3 is 0 Å². The summed E-state index contributed by atoms with van der Waals surface area (Å²) in [7, 11) is 0. The van der Waals surface area contributed by atoms with E-state index in [1.54, 1.807) is 12.2 Å². The van der Waals surface area contributed by atoms with Crippen molar-refractivity contribution in [3.8, 4) is 36.5 Å². The smallest absolute Gasteiger partial charge is 0.133 e. The van der Waals surface area contributed by atoms with Crippen molar-refractivity contribution >= 4 is 0 Å². The minimum absolute atomic E-state index is 0.729. The van der Waals surface area contributed by atoms with Gasteiger partial charge in [0, 0.05) is 12.8 Å². The van der Waals surface area contributed by atoms with Crippen molar-refractivity contribution in [2.45, 2.75) is 115 Å². The minimum atomic E-state index is -0.740. The first kappa shape index (κ1) is 29.8. The molecule has 0 amide bonds. The summed E-state index contributed by atoms with van der Waals surface area (Å²) in [4.78, 5) is 0. The van der Waals surface area contributed by atoms with Crippen LogP contribution in [-0.4, -0.2) is 22.4 Å². The topological polar surface area (TPSA) is 40.5 Å². The van der Waals surface area contributed by atoms with Gasteiger partial charge in [-0.15, -0.1) is 18.8 Å². The zero-order valence-electron chi connectivity index (χ0n) is 20.0. The molecule has 0 unspecified atom stereocenters. The van der Waals surface area contributed by atoms with Crippen LogP contribution < -0.4 is 0 Å². The average Bonchev–Trinajstić information content (AvgIpc) is 2.81. The first-order valence-corrected chi connectivity index (χ1v) is 12.4. The van der Waals surface area contributed by atoms with Crippen molar-refractivity contribution in [2.75, 3.05) is 0 Å². The predicted molar refractivity (Wildman–Crippen MR) is 139 cm³/mol. The fourth-order valence-electron chi connectivity index (χ4n) is 3.22. The Bertz CT molecular complexity index is 645. The van der Waals surface area contributed by atoms with Crippen LogP contribution in [0, 0.1) is 36.5 Å². The SMILES string of the molecule is C#C[C@@H](O)/C=C/CCCCCCCCC/C=C\CC#CCCCCCC/C=C/[C@@H](O)C#C. The summed E-state index contributed by atoms with van der Waals surface area (Å²) in [6.45, 7) is 0. The molecule has 0 bridgehead atoms. The Morgan fingerprint density at radius 2 is 0.969 bits per heavy atom. The summed E-state index contributed by atoms with van der Waals surface area (Å²) in [5, 5.41) is 18.4. The molecule has 32 heavy (non-hydrogen) atoms. The summed E-state index contributed by atoms with van der Waals surface area (Å²) in [6, 6.07) is 0. The zero-order valence-corrected chi connectivity index (χ0v) is 20.0. The Morgan fingerprint density at radius 3 is 1.47 bits per heavy atom. The van der Waals surface area contributed by atoms with Gasteiger partial charge in [0.25, 0.3) is 0 Å². The largest absolute Gasteiger partial charge is 0.377 e. The van der Waals surface area contributed by atoms with Gasteiger partial charge in [-0.05, 0) is 57.1 Å². The molecule has 0 saturated carbocycles. The van der Waals surface area contributed by atoms with Gasteiger partial charge in [0.2, 0.25) is 0 Å². The van der Waals surface area contributed by atoms with E-state index < -0.39 is 12.2 Å². The van der Waals surface area contributed by atoms with Crippen molar-refractivity contribution in [2.24, 2.45) is 0 Å². The Hall–Kier alpha value is -2.18. The number of terminal acetylenes is 2. The number of allylic oxidation sites excluding steroid dienone is 4. The standard InChI is InChI=1S/C30H44O2/c1-3-29(31)27-25-23-21-19-17-15-13-11-9-7-5-6-8-10-12-14-16-18-20-22-24-26-28-30(32)4-2/h1-2,5-6,25-32H,7-9,11,13-24H2/b6-5-,27-25+,28-26+/t29-,30+/m1/s1. The molecule has 0 heterocycles. The molecule has 0 radical (unpaired) electrons. The van der Waals surface area contributed by atoms with Gasteiger partial charge in [-0.25, -0.2) is 0 Å². The lowest BCUT2D eigenvalue weighted by Crippen LogP contribution is -1.95. The molecule has 0 aromatic heterocycles. The minimum Gasteiger partial charge on any atom is -0.377 e. The number of aliphatic hydroxyl groups excluding tert-OH is 2. The molecule has 2 N–H and O–H groups in total. The van der Waals surface area contributed by atoms with E-state index in [1.807, 2.05) is 12.2 Å². The third-order valence-corrected chi connectivity index (χ3v) is 5.15. The normalized spacial score (nSPS) is 13.1. The van der Waals surface area contributed by atoms with Crippen LogP contribution in [0.1, 0.15) is 103 Å². The first-order chi connectivity index (χ1) is 15.7. The van der Waals surface area contributed by atoms with Crippen molar-refractivity contribution in [1.82, 2.24) is 0 Å². The van der Waals surface area contributed by atoms with E-state index >= 15 is 0 Å². The number of aliphatic hydroxyl groups is 2. The van der Waals surface area contributed by atoms with E-state index in [-0.39, 0.29) is 0 Å². The molecule has 0 aliphatic carbocycles. The van der Waals surface area contributed by atoms with Crippen molar-refractivity contribution in [3.63, 3.8) is 0 Å². The number of hydrogen-bond donors (Lipinski definition) is 2. The Kier molecular flexibility index (Phi) is 23.4. The number of rotatable bonds is 19. The summed E-state index contributed by atoms with van der Waals surface area (Å²) >= 11 is 0. The van der Waals surface area contributed by atoms with E-state index in [9.17, 15) is 10.2 Å². The molecule has 0 aliphatic rings. The predicted octanol–water partition coefficient (Wildman–Crippen LogP) is 6.89. The van der Waals surface area contributed by atoms with Crippen LogP contribution in [0.15, 0.2) is 36.5 Å². The highest BCUT2D eigenvalue weighted by Gasteiger charge is 1.93. The van der Waals surface area contributed by atoms with Gasteiger partial charge in [0.05, 0.1) is 0 Å². The molecular formula is C30H44O2. The highest BCUT2D eigenvalue weighted by molar-refractivity contribution is 5.07. The highest BCUT2D eigenvalue weighted by atomic mass is 16.3. The lowest BCUT2D eigenvalue weighted by molar-refractivity contribution is 0.280. The number of unbranched alkanes of at least 4 members (excludes halogenated alkanes) is 13. The highest BCUT2D eigenvalue weighted by Crippen LogP contribution is 2.10. The van der Waals surface area contributed by atoms with E-state index in [0.29, 0.717) is 0 Å². The molecule has 2 nitrogen and oxygen atoms in total. The Labute approximate surface area is 198 Å². The molecule has 2 atom stereocenters. The molecule has 0 spiro atoms. The third-order valence-electron chi connectivity index (χ3n) is 5.15. The molecular weight excluding hydrogens is 392 g/mol. The second-order valence-corrected chi connectivity index (χ2v) is 8.11. The maximum absolute atomic E-state index is 9.20. The van der Waals surface area contributed by atoms with Crippen molar-refractivity contribution < 1.29 is 10.2 Å². The molecule has 0 aromatic rings. The Balaban J connectivity index is 3.33. The Morgan fingerprint density at radius 1 is 0.531 bits per heavy atom. The summed E-state index contributed by atoms with van der Waals surface area (Å²) in [5.41, 5.74) is 0. The fraction of sp³-hybridized carbons (Fsp3) is 0.600. The number of hydrogen-bond acceptors (Lipinski definition) is 2. The maximum Gasteiger partial charge on any atom is 0.133 e. The van der Waals surface area contributed by atoms with E-state index in [0.717, 1.165) is 38.5 Å². The summed E-state index contributed by atoms with van der Waals surface area (Å²) in [5.74, 6) is 11.1. The second kappa shape index (κ2) is 25.1. The quantitative estimate of drug-likeness (QED) is 0.131. The van der Waals surface area contributed by atoms with Crippen molar-refractivity contribution in [1.29, 1.82) is 0 Å². The van der Waals surface area contributed by atoms with Crippen molar-refractivity contribution in [3.05, 3.63) is 36.5 Å². The van der Waals surface area contributed by atoms with E-state index in [2.05, 4.69) is 35.8 Å². The molecule has 2 heteroatoms. The van der Waals surface area contributed by atoms with Gasteiger partial charge < -0.3 is 10.2 Å². The monoisotopic (exact) mass is 436 g/mol. The molecule has 176 valence electrons. The van der Waals surface area contributed by atoms with Crippen LogP contribution in [0.5, 0.6) is 0 Å². The molecule has 0 aromatic carbocycles. The van der Waals surface area contributed by atoms with Gasteiger partial charge in [0.1, 0.15) is 12.2 Å². The van der Waals surface area contributed by atoms with Gasteiger partial charge in [0.15, 0.2) is 0 Å². The summed E-state index contributed by atoms with van der Waals surface area (Å²) < 4.78 is 0. The van der Waals surface area contributed by atoms with Gasteiger partial charge in [-0.1, -0.05) is 87.0 Å². The average molecular weight is 437 g/mol. The fourth-order valence-corrected chi connectivity index (χ4v) is 3.22. The van der Waals surface area contributed by atoms with Crippen LogP contribution >= 0.6 is 0 Å². The lowest BCUT2D eigenvalue weighted by Gasteiger charge is -2.00. The first-order valence-electron chi connectivity index (χ1n) is 12.4. The zero-order chi connectivity index (χ0) is 23.5. The maximum atomic E-state index is 9.20. The van der Waals surface area contributed by atoms with Crippen LogP contribution in [0.3, 0.4) is 0 Å². The molecule has 0 aliphatic heterocycles. The van der Waals surface area contributed by atoms with Crippen LogP contribution in [0.2, 0.25) is 0 Å². The summed E-state index contributed by atoms with van der Waals surface area (Å²) in [6.07, 6.45) is 39.2. The van der Waals surface area contributed by atoms with Gasteiger partial charge in [-0.2, -0.15) is 0 Å². The lowest BCUT2D eigenvalue weighted by atomic mass is 10.1. The van der Waals surface area contributed by atoms with Gasteiger partial charge in [-0.3, -0.25) is 0 Å². The molecule has 0 saturated heterocycles. The third kappa shape index (κ3) is 24.1. The molecule has 0 fully saturated rings.